The number of nitrogen functional groups attached to an aromatic ring is 1. The van der Waals surface area contributed by atoms with Crippen molar-refractivity contribution in [1.82, 2.24) is 4.98 Å². The second-order valence-electron chi connectivity index (χ2n) is 5.43. The average Bonchev–Trinajstić information content (AvgIpc) is 3.06. The third-order valence-electron chi connectivity index (χ3n) is 3.56. The molecule has 1 amide bonds. The van der Waals surface area contributed by atoms with Crippen LogP contribution in [0.4, 0.5) is 10.8 Å². The lowest BCUT2D eigenvalue weighted by Gasteiger charge is -2.10. The van der Waals surface area contributed by atoms with E-state index in [1.165, 1.54) is 11.3 Å². The van der Waals surface area contributed by atoms with E-state index in [2.05, 4.69) is 10.3 Å². The third-order valence-corrected chi connectivity index (χ3v) is 4.23. The first-order chi connectivity index (χ1) is 12.2. The second-order valence-corrected chi connectivity index (χ2v) is 6.32. The highest BCUT2D eigenvalue weighted by molar-refractivity contribution is 7.13. The van der Waals surface area contributed by atoms with Crippen molar-refractivity contribution in [1.29, 1.82) is 0 Å². The van der Waals surface area contributed by atoms with Crippen molar-refractivity contribution in [3.63, 3.8) is 0 Å². The molecule has 0 spiro atoms. The number of hydrogen-bond donors (Lipinski definition) is 2. The van der Waals surface area contributed by atoms with Crippen molar-refractivity contribution in [3.8, 4) is 17.0 Å². The molecule has 0 aliphatic heterocycles. The Morgan fingerprint density at radius 1 is 1.12 bits per heavy atom. The molecule has 0 atom stereocenters. The Balaban J connectivity index is 1.53. The number of carbonyl (C=O) groups is 1. The summed E-state index contributed by atoms with van der Waals surface area (Å²) in [4.78, 5) is 16.5. The van der Waals surface area contributed by atoms with E-state index in [-0.39, 0.29) is 5.91 Å². The minimum absolute atomic E-state index is 0.0488. The van der Waals surface area contributed by atoms with Gasteiger partial charge in [0.25, 0.3) is 0 Å². The maximum absolute atomic E-state index is 12.2. The molecule has 0 fully saturated rings. The van der Waals surface area contributed by atoms with Crippen molar-refractivity contribution >= 4 is 28.1 Å². The summed E-state index contributed by atoms with van der Waals surface area (Å²) in [5.41, 5.74) is 8.07. The topological polar surface area (TPSA) is 77.2 Å². The minimum atomic E-state index is -0.0488. The first-order valence-corrected chi connectivity index (χ1v) is 8.88. The molecule has 0 saturated carbocycles. The van der Waals surface area contributed by atoms with E-state index in [4.69, 9.17) is 10.5 Å². The minimum Gasteiger partial charge on any atom is -0.494 e. The standard InChI is InChI=1S/C19H19N3O2S/c20-19-22-17(13-25-19)15-9-4-5-10-16(15)21-18(23)11-6-12-24-14-7-2-1-3-8-14/h1-5,7-10,13H,6,11-12H2,(H2,20,22)(H,21,23). The van der Waals surface area contributed by atoms with Crippen LogP contribution in [0.15, 0.2) is 60.0 Å². The van der Waals surface area contributed by atoms with Gasteiger partial charge < -0.3 is 15.8 Å². The largest absolute Gasteiger partial charge is 0.494 e. The van der Waals surface area contributed by atoms with E-state index in [1.807, 2.05) is 60.0 Å². The summed E-state index contributed by atoms with van der Waals surface area (Å²) in [7, 11) is 0. The van der Waals surface area contributed by atoms with Gasteiger partial charge in [0.2, 0.25) is 5.91 Å². The molecule has 0 aliphatic rings. The molecular weight excluding hydrogens is 334 g/mol. The van der Waals surface area contributed by atoms with Crippen LogP contribution in [0.1, 0.15) is 12.8 Å². The van der Waals surface area contributed by atoms with E-state index in [1.54, 1.807) is 0 Å². The fourth-order valence-electron chi connectivity index (χ4n) is 2.38. The zero-order valence-electron chi connectivity index (χ0n) is 13.6. The molecule has 25 heavy (non-hydrogen) atoms. The number of nitrogens with zero attached hydrogens (tertiary/aromatic N) is 1. The highest BCUT2D eigenvalue weighted by Crippen LogP contribution is 2.29. The van der Waals surface area contributed by atoms with E-state index in [0.717, 1.165) is 22.7 Å². The van der Waals surface area contributed by atoms with Crippen LogP contribution < -0.4 is 15.8 Å². The maximum atomic E-state index is 12.2. The van der Waals surface area contributed by atoms with Gasteiger partial charge in [0.15, 0.2) is 5.13 Å². The molecule has 0 unspecified atom stereocenters. The molecule has 1 heterocycles. The number of hydrogen-bond acceptors (Lipinski definition) is 5. The molecule has 0 radical (unpaired) electrons. The van der Waals surface area contributed by atoms with Crippen molar-refractivity contribution in [2.24, 2.45) is 0 Å². The van der Waals surface area contributed by atoms with Crippen molar-refractivity contribution in [3.05, 3.63) is 60.0 Å². The first-order valence-electron chi connectivity index (χ1n) is 8.00. The fraction of sp³-hybridized carbons (Fsp3) is 0.158. The second kappa shape index (κ2) is 8.30. The molecule has 0 bridgehead atoms. The first kappa shape index (κ1) is 17.0. The quantitative estimate of drug-likeness (QED) is 0.624. The Hall–Kier alpha value is -2.86. The molecule has 3 aromatic rings. The fourth-order valence-corrected chi connectivity index (χ4v) is 2.94. The summed E-state index contributed by atoms with van der Waals surface area (Å²) in [6.45, 7) is 0.502. The molecular formula is C19H19N3O2S. The Morgan fingerprint density at radius 3 is 2.64 bits per heavy atom. The predicted molar refractivity (Wildman–Crippen MR) is 102 cm³/mol. The number of nitrogens with one attached hydrogen (secondary N) is 1. The van der Waals surface area contributed by atoms with Gasteiger partial charge in [-0.1, -0.05) is 36.4 Å². The molecule has 6 heteroatoms. The summed E-state index contributed by atoms with van der Waals surface area (Å²) in [5.74, 6) is 0.765. The SMILES string of the molecule is Nc1nc(-c2ccccc2NC(=O)CCCOc2ccccc2)cs1. The molecule has 0 aliphatic carbocycles. The Morgan fingerprint density at radius 2 is 1.88 bits per heavy atom. The van der Waals surface area contributed by atoms with Gasteiger partial charge in [-0.05, 0) is 24.6 Å². The predicted octanol–water partition coefficient (Wildman–Crippen LogP) is 4.19. The van der Waals surface area contributed by atoms with Gasteiger partial charge in [-0.3, -0.25) is 4.79 Å². The van der Waals surface area contributed by atoms with Gasteiger partial charge in [0.1, 0.15) is 5.75 Å². The Bertz CT molecular complexity index is 833. The van der Waals surface area contributed by atoms with E-state index < -0.39 is 0 Å². The summed E-state index contributed by atoms with van der Waals surface area (Å²) in [6, 6.07) is 17.2. The van der Waals surface area contributed by atoms with Crippen LogP contribution in [-0.2, 0) is 4.79 Å². The molecule has 128 valence electrons. The summed E-state index contributed by atoms with van der Waals surface area (Å²) in [6.07, 6.45) is 1.03. The maximum Gasteiger partial charge on any atom is 0.224 e. The summed E-state index contributed by atoms with van der Waals surface area (Å²) in [5, 5.41) is 5.34. The number of thiazole rings is 1. The number of rotatable bonds is 7. The van der Waals surface area contributed by atoms with Gasteiger partial charge in [-0.2, -0.15) is 0 Å². The Labute approximate surface area is 150 Å². The van der Waals surface area contributed by atoms with Crippen molar-refractivity contribution in [2.75, 3.05) is 17.7 Å². The molecule has 1 aromatic heterocycles. The lowest BCUT2D eigenvalue weighted by atomic mass is 10.1. The van der Waals surface area contributed by atoms with Gasteiger partial charge >= 0.3 is 0 Å². The van der Waals surface area contributed by atoms with Crippen LogP contribution in [0.5, 0.6) is 5.75 Å². The average molecular weight is 353 g/mol. The smallest absolute Gasteiger partial charge is 0.224 e. The molecule has 2 aromatic carbocycles. The highest BCUT2D eigenvalue weighted by atomic mass is 32.1. The number of ether oxygens (including phenoxy) is 1. The highest BCUT2D eigenvalue weighted by Gasteiger charge is 2.10. The molecule has 5 nitrogen and oxygen atoms in total. The Kier molecular flexibility index (Phi) is 5.64. The summed E-state index contributed by atoms with van der Waals surface area (Å²) >= 11 is 1.38. The van der Waals surface area contributed by atoms with Gasteiger partial charge in [0.05, 0.1) is 18.0 Å². The number of nitrogens with two attached hydrogens (primary N) is 1. The lowest BCUT2D eigenvalue weighted by molar-refractivity contribution is -0.116. The van der Waals surface area contributed by atoms with E-state index in [0.29, 0.717) is 24.6 Å². The van der Waals surface area contributed by atoms with Crippen LogP contribution >= 0.6 is 11.3 Å². The monoisotopic (exact) mass is 353 g/mol. The zero-order chi connectivity index (χ0) is 17.5. The normalized spacial score (nSPS) is 10.4. The van der Waals surface area contributed by atoms with Crippen LogP contribution in [-0.4, -0.2) is 17.5 Å². The van der Waals surface area contributed by atoms with Crippen molar-refractivity contribution < 1.29 is 9.53 Å². The van der Waals surface area contributed by atoms with Gasteiger partial charge in [-0.15, -0.1) is 11.3 Å². The van der Waals surface area contributed by atoms with Crippen LogP contribution in [0.2, 0.25) is 0 Å². The van der Waals surface area contributed by atoms with Gasteiger partial charge in [-0.25, -0.2) is 4.98 Å². The molecule has 3 N–H and O–H groups in total. The zero-order valence-corrected chi connectivity index (χ0v) is 14.5. The summed E-state index contributed by atoms with van der Waals surface area (Å²) < 4.78 is 5.60. The molecule has 0 saturated heterocycles. The van der Waals surface area contributed by atoms with E-state index >= 15 is 0 Å². The lowest BCUT2D eigenvalue weighted by Crippen LogP contribution is -2.13. The number of carbonyl (C=O) groups excluding carboxylic acids is 1. The van der Waals surface area contributed by atoms with Crippen LogP contribution in [0.3, 0.4) is 0 Å². The number of amides is 1. The van der Waals surface area contributed by atoms with E-state index in [9.17, 15) is 4.79 Å². The van der Waals surface area contributed by atoms with Crippen molar-refractivity contribution in [2.45, 2.75) is 12.8 Å². The number of aromatic nitrogens is 1. The number of benzene rings is 2. The van der Waals surface area contributed by atoms with Crippen LogP contribution in [0, 0.1) is 0 Å². The van der Waals surface area contributed by atoms with Crippen LogP contribution in [0.25, 0.3) is 11.3 Å². The van der Waals surface area contributed by atoms with Gasteiger partial charge in [0, 0.05) is 17.4 Å². The third kappa shape index (κ3) is 4.81. The number of anilines is 2. The molecule has 3 rings (SSSR count). The number of para-hydroxylation sites is 2.